The van der Waals surface area contributed by atoms with E-state index in [-0.39, 0.29) is 12.4 Å². The molecule has 0 spiro atoms. The molecular weight excluding hydrogens is 409 g/mol. The largest absolute Gasteiger partial charge is 0.330 e. The first-order valence-electron chi connectivity index (χ1n) is 12.2. The van der Waals surface area contributed by atoms with Crippen molar-refractivity contribution in [2.45, 2.75) is 104 Å². The van der Waals surface area contributed by atoms with Crippen molar-refractivity contribution in [2.24, 2.45) is 28.4 Å². The summed E-state index contributed by atoms with van der Waals surface area (Å²) < 4.78 is 0. The van der Waals surface area contributed by atoms with Crippen LogP contribution in [-0.4, -0.2) is 6.54 Å². The lowest BCUT2D eigenvalue weighted by Gasteiger charge is -2.45. The van der Waals surface area contributed by atoms with Crippen LogP contribution in [-0.2, 0) is 6.42 Å². The Hall–Kier alpha value is -0.240. The molecule has 0 aromatic heterocycles. The Morgan fingerprint density at radius 1 is 1.03 bits per heavy atom. The third kappa shape index (κ3) is 7.14. The molecule has 0 bridgehead atoms. The first kappa shape index (κ1) is 26.0. The average Bonchev–Trinajstić information content (AvgIpc) is 2.63. The Labute approximate surface area is 197 Å². The molecule has 1 aromatic carbocycles. The Kier molecular flexibility index (Phi) is 9.59. The molecule has 30 heavy (non-hydrogen) atoms. The van der Waals surface area contributed by atoms with Crippen LogP contribution < -0.4 is 5.73 Å². The van der Waals surface area contributed by atoms with E-state index < -0.39 is 0 Å². The summed E-state index contributed by atoms with van der Waals surface area (Å²) in [5.74, 6) is 2.18. The summed E-state index contributed by atoms with van der Waals surface area (Å²) >= 11 is 6.82. The fraction of sp³-hybridized carbons (Fsp3) is 0.778. The van der Waals surface area contributed by atoms with Gasteiger partial charge in [-0.15, -0.1) is 12.4 Å². The number of rotatable bonds is 7. The van der Waals surface area contributed by atoms with E-state index in [1.807, 2.05) is 0 Å². The predicted octanol–water partition coefficient (Wildman–Crippen LogP) is 8.56. The van der Waals surface area contributed by atoms with Crippen molar-refractivity contribution in [2.75, 3.05) is 6.54 Å². The molecule has 0 aliphatic heterocycles. The van der Waals surface area contributed by atoms with Gasteiger partial charge in [0, 0.05) is 5.02 Å². The molecule has 3 heteroatoms. The van der Waals surface area contributed by atoms with Crippen LogP contribution in [0.4, 0.5) is 0 Å². The van der Waals surface area contributed by atoms with Gasteiger partial charge in [-0.05, 0) is 90.8 Å². The van der Waals surface area contributed by atoms with Crippen LogP contribution in [0.1, 0.15) is 109 Å². The van der Waals surface area contributed by atoms with Gasteiger partial charge in [0.1, 0.15) is 0 Å². The molecule has 1 atom stereocenters. The molecule has 2 aliphatic rings. The molecule has 1 nitrogen and oxygen atoms in total. The van der Waals surface area contributed by atoms with Crippen LogP contribution in [0.2, 0.25) is 5.02 Å². The SMILES string of the molecule is CC1(C)CC(c2ccc(CCCC(CN)C3CCCCC3)cc2Cl)CC(C)(C)C1.Cl. The van der Waals surface area contributed by atoms with Crippen molar-refractivity contribution in [1.82, 2.24) is 0 Å². The van der Waals surface area contributed by atoms with Crippen molar-refractivity contribution in [3.8, 4) is 0 Å². The van der Waals surface area contributed by atoms with Gasteiger partial charge in [-0.25, -0.2) is 0 Å². The minimum Gasteiger partial charge on any atom is -0.330 e. The summed E-state index contributed by atoms with van der Waals surface area (Å²) in [5.41, 5.74) is 9.69. The molecule has 0 radical (unpaired) electrons. The minimum absolute atomic E-state index is 0. The highest BCUT2D eigenvalue weighted by Crippen LogP contribution is 2.52. The lowest BCUT2D eigenvalue weighted by molar-refractivity contribution is 0.0969. The van der Waals surface area contributed by atoms with Gasteiger partial charge < -0.3 is 5.73 Å². The molecule has 2 saturated carbocycles. The molecule has 0 saturated heterocycles. The number of benzene rings is 1. The Morgan fingerprint density at radius 2 is 1.67 bits per heavy atom. The normalized spacial score (nSPS) is 23.0. The second-order valence-corrected chi connectivity index (χ2v) is 12.2. The zero-order valence-corrected chi connectivity index (χ0v) is 21.4. The number of hydrogen-bond acceptors (Lipinski definition) is 1. The fourth-order valence-electron chi connectivity index (χ4n) is 6.84. The van der Waals surface area contributed by atoms with Gasteiger partial charge in [0.2, 0.25) is 0 Å². The van der Waals surface area contributed by atoms with E-state index in [4.69, 9.17) is 17.3 Å². The Morgan fingerprint density at radius 3 is 2.23 bits per heavy atom. The predicted molar refractivity (Wildman–Crippen MR) is 135 cm³/mol. The topological polar surface area (TPSA) is 26.0 Å². The molecule has 0 heterocycles. The van der Waals surface area contributed by atoms with E-state index in [0.29, 0.717) is 16.7 Å². The van der Waals surface area contributed by atoms with Crippen molar-refractivity contribution < 1.29 is 0 Å². The standard InChI is InChI=1S/C27H44ClN.ClH/c1-26(2)16-23(17-27(3,4)19-26)24-14-13-20(15-25(24)28)9-8-12-22(18-29)21-10-6-5-7-11-21;/h13-15,21-23H,5-12,16-19,29H2,1-4H3;1H. The highest BCUT2D eigenvalue weighted by atomic mass is 35.5. The van der Waals surface area contributed by atoms with Crippen molar-refractivity contribution in [1.29, 1.82) is 0 Å². The van der Waals surface area contributed by atoms with Crippen LogP contribution >= 0.6 is 24.0 Å². The van der Waals surface area contributed by atoms with E-state index in [1.54, 1.807) is 0 Å². The first-order valence-corrected chi connectivity index (χ1v) is 12.6. The smallest absolute Gasteiger partial charge is 0.0443 e. The summed E-state index contributed by atoms with van der Waals surface area (Å²) in [6.07, 6.45) is 14.5. The lowest BCUT2D eigenvalue weighted by atomic mass is 9.60. The summed E-state index contributed by atoms with van der Waals surface area (Å²) in [6.45, 7) is 10.5. The van der Waals surface area contributed by atoms with E-state index >= 15 is 0 Å². The third-order valence-electron chi connectivity index (χ3n) is 7.72. The zero-order chi connectivity index (χ0) is 21.1. The molecular formula is C27H45Cl2N. The second kappa shape index (κ2) is 11.1. The molecule has 1 unspecified atom stereocenters. The van der Waals surface area contributed by atoms with Gasteiger partial charge in [-0.1, -0.05) is 83.5 Å². The van der Waals surface area contributed by atoms with Gasteiger partial charge in [-0.2, -0.15) is 0 Å². The molecule has 1 aromatic rings. The highest BCUT2D eigenvalue weighted by Gasteiger charge is 2.39. The van der Waals surface area contributed by atoms with Crippen LogP contribution in [0.25, 0.3) is 0 Å². The zero-order valence-electron chi connectivity index (χ0n) is 19.8. The van der Waals surface area contributed by atoms with Gasteiger partial charge in [0.15, 0.2) is 0 Å². The highest BCUT2D eigenvalue weighted by molar-refractivity contribution is 6.31. The second-order valence-electron chi connectivity index (χ2n) is 11.8. The Bertz CT molecular complexity index is 645. The van der Waals surface area contributed by atoms with Gasteiger partial charge in [0.05, 0.1) is 0 Å². The fourth-order valence-corrected chi connectivity index (χ4v) is 7.20. The minimum atomic E-state index is 0. The maximum atomic E-state index is 6.82. The van der Waals surface area contributed by atoms with E-state index in [9.17, 15) is 0 Å². The van der Waals surface area contributed by atoms with E-state index in [0.717, 1.165) is 29.8 Å². The van der Waals surface area contributed by atoms with Gasteiger partial charge >= 0.3 is 0 Å². The monoisotopic (exact) mass is 453 g/mol. The summed E-state index contributed by atoms with van der Waals surface area (Å²) in [4.78, 5) is 0. The van der Waals surface area contributed by atoms with Crippen molar-refractivity contribution in [3.63, 3.8) is 0 Å². The average molecular weight is 455 g/mol. The molecule has 3 rings (SSSR count). The number of aryl methyl sites for hydroxylation is 1. The summed E-state index contributed by atoms with van der Waals surface area (Å²) in [5, 5.41) is 0.989. The van der Waals surface area contributed by atoms with Crippen LogP contribution in [0.5, 0.6) is 0 Å². The third-order valence-corrected chi connectivity index (χ3v) is 8.05. The van der Waals surface area contributed by atoms with Gasteiger partial charge in [0.25, 0.3) is 0 Å². The quantitative estimate of drug-likeness (QED) is 0.439. The Balaban J connectivity index is 0.00000320. The first-order chi connectivity index (χ1) is 13.7. The van der Waals surface area contributed by atoms with Crippen LogP contribution in [0.15, 0.2) is 18.2 Å². The van der Waals surface area contributed by atoms with Gasteiger partial charge in [-0.3, -0.25) is 0 Å². The number of halogens is 2. The summed E-state index contributed by atoms with van der Waals surface area (Å²) in [7, 11) is 0. The lowest BCUT2D eigenvalue weighted by Crippen LogP contribution is -2.33. The van der Waals surface area contributed by atoms with Crippen LogP contribution in [0, 0.1) is 22.7 Å². The van der Waals surface area contributed by atoms with Crippen molar-refractivity contribution >= 4 is 24.0 Å². The van der Waals surface area contributed by atoms with E-state index in [1.165, 1.54) is 75.3 Å². The number of nitrogens with two attached hydrogens (primary N) is 1. The van der Waals surface area contributed by atoms with Crippen LogP contribution in [0.3, 0.4) is 0 Å². The molecule has 0 amide bonds. The number of hydrogen-bond donors (Lipinski definition) is 1. The van der Waals surface area contributed by atoms with Crippen molar-refractivity contribution in [3.05, 3.63) is 34.3 Å². The maximum absolute atomic E-state index is 6.82. The maximum Gasteiger partial charge on any atom is 0.0443 e. The summed E-state index contributed by atoms with van der Waals surface area (Å²) in [6, 6.07) is 6.93. The molecule has 2 fully saturated rings. The molecule has 2 N–H and O–H groups in total. The van der Waals surface area contributed by atoms with E-state index in [2.05, 4.69) is 45.9 Å². The molecule has 172 valence electrons. The molecule has 2 aliphatic carbocycles.